The van der Waals surface area contributed by atoms with E-state index < -0.39 is 0 Å². The van der Waals surface area contributed by atoms with E-state index in [1.54, 1.807) is 0 Å². The Morgan fingerprint density at radius 1 is 1.19 bits per heavy atom. The molecule has 0 aromatic carbocycles. The van der Waals surface area contributed by atoms with Gasteiger partial charge in [0, 0.05) is 23.8 Å². The van der Waals surface area contributed by atoms with Crippen molar-refractivity contribution in [3.63, 3.8) is 0 Å². The molecule has 0 fully saturated rings. The monoisotopic (exact) mass is 311 g/mol. The molecule has 0 bridgehead atoms. The third-order valence-electron chi connectivity index (χ3n) is 3.84. The van der Waals surface area contributed by atoms with E-state index in [9.17, 15) is 0 Å². The maximum atomic E-state index is 4.89. The van der Waals surface area contributed by atoms with Crippen molar-refractivity contribution >= 4 is 11.8 Å². The summed E-state index contributed by atoms with van der Waals surface area (Å²) in [5, 5.41) is 8.52. The van der Waals surface area contributed by atoms with Gasteiger partial charge in [-0.3, -0.25) is 4.68 Å². The Morgan fingerprint density at radius 3 is 2.52 bits per heavy atom. The summed E-state index contributed by atoms with van der Waals surface area (Å²) in [5.74, 6) is 2.45. The van der Waals surface area contributed by atoms with Crippen LogP contribution in [0.5, 0.6) is 0 Å². The number of hydrogen-bond donors (Lipinski definition) is 1. The van der Waals surface area contributed by atoms with E-state index in [-0.39, 0.29) is 0 Å². The highest BCUT2D eigenvalue weighted by Crippen LogP contribution is 2.24. The Morgan fingerprint density at radius 2 is 1.95 bits per heavy atom. The van der Waals surface area contributed by atoms with Gasteiger partial charge in [0.15, 0.2) is 0 Å². The topological polar surface area (TPSA) is 29.9 Å². The first-order valence-corrected chi connectivity index (χ1v) is 9.74. The van der Waals surface area contributed by atoms with Crippen LogP contribution in [-0.4, -0.2) is 27.8 Å². The maximum Gasteiger partial charge on any atom is 0.0672 e. The smallest absolute Gasteiger partial charge is 0.0672 e. The van der Waals surface area contributed by atoms with Crippen LogP contribution < -0.4 is 5.32 Å². The molecule has 1 N–H and O–H groups in total. The van der Waals surface area contributed by atoms with Crippen molar-refractivity contribution in [2.24, 2.45) is 0 Å². The van der Waals surface area contributed by atoms with Gasteiger partial charge in [0.1, 0.15) is 0 Å². The van der Waals surface area contributed by atoms with Crippen molar-refractivity contribution < 1.29 is 0 Å². The second-order valence-corrected chi connectivity index (χ2v) is 6.86. The molecule has 21 heavy (non-hydrogen) atoms. The molecule has 1 aromatic heterocycles. The summed E-state index contributed by atoms with van der Waals surface area (Å²) < 4.78 is 2.27. The Bertz CT molecular complexity index is 401. The Hall–Kier alpha value is -0.480. The summed E-state index contributed by atoms with van der Waals surface area (Å²) in [6.45, 7) is 13.3. The minimum atomic E-state index is 0.411. The van der Waals surface area contributed by atoms with E-state index in [0.717, 1.165) is 25.9 Å². The zero-order valence-electron chi connectivity index (χ0n) is 14.5. The molecule has 0 aliphatic carbocycles. The lowest BCUT2D eigenvalue weighted by atomic mass is 10.0. The van der Waals surface area contributed by atoms with Gasteiger partial charge in [-0.25, -0.2) is 0 Å². The van der Waals surface area contributed by atoms with Crippen molar-refractivity contribution in [3.8, 4) is 0 Å². The summed E-state index contributed by atoms with van der Waals surface area (Å²) >= 11 is 2.02. The van der Waals surface area contributed by atoms with Crippen LogP contribution in [0.4, 0.5) is 0 Å². The highest BCUT2D eigenvalue weighted by atomic mass is 32.2. The molecule has 1 aromatic rings. The van der Waals surface area contributed by atoms with Gasteiger partial charge in [-0.1, -0.05) is 27.7 Å². The zero-order valence-corrected chi connectivity index (χ0v) is 15.4. The minimum Gasteiger partial charge on any atom is -0.310 e. The molecule has 0 aliphatic heterocycles. The van der Waals surface area contributed by atoms with Crippen LogP contribution in [-0.2, 0) is 19.4 Å². The molecule has 1 heterocycles. The molecule has 0 aliphatic rings. The SMILES string of the molecule is CCCNC(C)c1c(CC)nn(CCCSCC)c1CC. The second kappa shape index (κ2) is 10.3. The first kappa shape index (κ1) is 18.6. The van der Waals surface area contributed by atoms with E-state index >= 15 is 0 Å². The van der Waals surface area contributed by atoms with Crippen LogP contribution in [0.2, 0.25) is 0 Å². The second-order valence-electron chi connectivity index (χ2n) is 5.46. The van der Waals surface area contributed by atoms with Crippen molar-refractivity contribution in [2.75, 3.05) is 18.1 Å². The Kier molecular flexibility index (Phi) is 9.09. The average Bonchev–Trinajstić information content (AvgIpc) is 2.86. The van der Waals surface area contributed by atoms with Gasteiger partial charge in [0.2, 0.25) is 0 Å². The fourth-order valence-corrected chi connectivity index (χ4v) is 3.43. The molecule has 0 radical (unpaired) electrons. The molecule has 0 spiro atoms. The van der Waals surface area contributed by atoms with Gasteiger partial charge < -0.3 is 5.32 Å². The molecule has 1 unspecified atom stereocenters. The average molecular weight is 312 g/mol. The quantitative estimate of drug-likeness (QED) is 0.621. The van der Waals surface area contributed by atoms with Gasteiger partial charge in [0.25, 0.3) is 0 Å². The lowest BCUT2D eigenvalue weighted by molar-refractivity contribution is 0.552. The summed E-state index contributed by atoms with van der Waals surface area (Å²) in [6, 6.07) is 0.411. The van der Waals surface area contributed by atoms with Crippen molar-refractivity contribution in [1.29, 1.82) is 0 Å². The first-order valence-electron chi connectivity index (χ1n) is 8.58. The number of aromatic nitrogens is 2. The number of thioether (sulfide) groups is 1. The number of hydrogen-bond acceptors (Lipinski definition) is 3. The standard InChI is InChI=1S/C17H33N3S/c1-6-11-18-14(5)17-15(7-2)19-20(16(17)8-3)12-10-13-21-9-4/h14,18H,6-13H2,1-5H3. The third kappa shape index (κ3) is 5.33. The molecule has 0 saturated carbocycles. The van der Waals surface area contributed by atoms with Gasteiger partial charge in [0.05, 0.1) is 5.69 Å². The van der Waals surface area contributed by atoms with Crippen LogP contribution in [0.3, 0.4) is 0 Å². The van der Waals surface area contributed by atoms with Crippen LogP contribution in [0.1, 0.15) is 70.5 Å². The molecule has 1 rings (SSSR count). The first-order chi connectivity index (χ1) is 10.2. The molecular weight excluding hydrogens is 278 g/mol. The van der Waals surface area contributed by atoms with E-state index in [1.807, 2.05) is 11.8 Å². The number of nitrogens with one attached hydrogen (secondary N) is 1. The van der Waals surface area contributed by atoms with Crippen molar-refractivity contribution in [2.45, 2.75) is 72.9 Å². The predicted molar refractivity (Wildman–Crippen MR) is 95.3 cm³/mol. The zero-order chi connectivity index (χ0) is 15.7. The maximum absolute atomic E-state index is 4.89. The molecule has 122 valence electrons. The molecule has 0 saturated heterocycles. The summed E-state index contributed by atoms with van der Waals surface area (Å²) in [7, 11) is 0. The lowest BCUT2D eigenvalue weighted by Gasteiger charge is -2.16. The number of nitrogens with zero attached hydrogens (tertiary/aromatic N) is 2. The number of aryl methyl sites for hydroxylation is 2. The van der Waals surface area contributed by atoms with E-state index in [1.165, 1.54) is 41.3 Å². The van der Waals surface area contributed by atoms with Crippen LogP contribution >= 0.6 is 11.8 Å². The minimum absolute atomic E-state index is 0.411. The van der Waals surface area contributed by atoms with Gasteiger partial charge in [-0.2, -0.15) is 16.9 Å². The molecular formula is C17H33N3S. The van der Waals surface area contributed by atoms with Gasteiger partial charge in [-0.05, 0) is 50.7 Å². The van der Waals surface area contributed by atoms with Gasteiger partial charge in [-0.15, -0.1) is 0 Å². The Labute approximate surface area is 135 Å². The lowest BCUT2D eigenvalue weighted by Crippen LogP contribution is -2.21. The molecule has 4 heteroatoms. The number of rotatable bonds is 11. The third-order valence-corrected chi connectivity index (χ3v) is 4.83. The molecule has 1 atom stereocenters. The van der Waals surface area contributed by atoms with Crippen LogP contribution in [0.25, 0.3) is 0 Å². The van der Waals surface area contributed by atoms with E-state index in [0.29, 0.717) is 6.04 Å². The largest absolute Gasteiger partial charge is 0.310 e. The fraction of sp³-hybridized carbons (Fsp3) is 0.824. The summed E-state index contributed by atoms with van der Waals surface area (Å²) in [5.41, 5.74) is 4.17. The predicted octanol–water partition coefficient (Wildman–Crippen LogP) is 4.21. The van der Waals surface area contributed by atoms with Crippen LogP contribution in [0.15, 0.2) is 0 Å². The highest BCUT2D eigenvalue weighted by Gasteiger charge is 2.19. The van der Waals surface area contributed by atoms with E-state index in [4.69, 9.17) is 5.10 Å². The van der Waals surface area contributed by atoms with Crippen LogP contribution in [0, 0.1) is 0 Å². The Balaban J connectivity index is 2.87. The van der Waals surface area contributed by atoms with Gasteiger partial charge >= 0.3 is 0 Å². The van der Waals surface area contributed by atoms with Crippen molar-refractivity contribution in [3.05, 3.63) is 17.0 Å². The fourth-order valence-electron chi connectivity index (χ4n) is 2.81. The summed E-state index contributed by atoms with van der Waals surface area (Å²) in [6.07, 6.45) is 4.49. The summed E-state index contributed by atoms with van der Waals surface area (Å²) in [4.78, 5) is 0. The normalized spacial score (nSPS) is 12.8. The van der Waals surface area contributed by atoms with E-state index in [2.05, 4.69) is 44.6 Å². The molecule has 3 nitrogen and oxygen atoms in total. The molecule has 0 amide bonds. The highest BCUT2D eigenvalue weighted by molar-refractivity contribution is 7.99. The van der Waals surface area contributed by atoms with Crippen molar-refractivity contribution in [1.82, 2.24) is 15.1 Å².